The summed E-state index contributed by atoms with van der Waals surface area (Å²) in [6.45, 7) is 0.899. The normalized spacial score (nSPS) is 16.1. The molecule has 1 heterocycles. The molecule has 0 bridgehead atoms. The van der Waals surface area contributed by atoms with Crippen molar-refractivity contribution in [1.29, 1.82) is 0 Å². The Hall–Kier alpha value is -1.63. The van der Waals surface area contributed by atoms with Crippen LogP contribution < -0.4 is 11.3 Å². The molecule has 1 saturated heterocycles. The van der Waals surface area contributed by atoms with E-state index in [4.69, 9.17) is 5.84 Å². The van der Waals surface area contributed by atoms with Crippen molar-refractivity contribution in [2.45, 2.75) is 25.7 Å². The van der Waals surface area contributed by atoms with Gasteiger partial charge in [0.2, 0.25) is 17.7 Å². The molecule has 1 rings (SSSR count). The van der Waals surface area contributed by atoms with Crippen molar-refractivity contribution in [3.63, 3.8) is 0 Å². The van der Waals surface area contributed by atoms with Gasteiger partial charge in [-0.1, -0.05) is 6.42 Å². The summed E-state index contributed by atoms with van der Waals surface area (Å²) in [7, 11) is 1.63. The molecular formula is C11H20N4O3. The summed E-state index contributed by atoms with van der Waals surface area (Å²) in [5.41, 5.74) is 2.07. The Bertz CT molecular complexity index is 332. The Morgan fingerprint density at radius 1 is 1.22 bits per heavy atom. The molecule has 0 aromatic carbocycles. The van der Waals surface area contributed by atoms with Crippen molar-refractivity contribution in [1.82, 2.24) is 15.2 Å². The Morgan fingerprint density at radius 2 is 1.94 bits per heavy atom. The molecule has 0 aromatic heterocycles. The van der Waals surface area contributed by atoms with Gasteiger partial charge in [0.1, 0.15) is 0 Å². The number of likely N-dealkylation sites (N-methyl/N-ethyl adjacent to an activating group) is 1. The summed E-state index contributed by atoms with van der Waals surface area (Å²) in [6, 6.07) is 0. The first-order chi connectivity index (χ1) is 8.54. The minimum absolute atomic E-state index is 0.0169. The zero-order chi connectivity index (χ0) is 13.5. The number of nitrogens with zero attached hydrogens (tertiary/aromatic N) is 2. The van der Waals surface area contributed by atoms with Gasteiger partial charge < -0.3 is 9.80 Å². The molecule has 0 atom stereocenters. The van der Waals surface area contributed by atoms with E-state index in [0.717, 1.165) is 19.3 Å². The monoisotopic (exact) mass is 256 g/mol. The molecule has 7 nitrogen and oxygen atoms in total. The number of nitrogens with one attached hydrogen (secondary N) is 1. The minimum atomic E-state index is -0.180. The van der Waals surface area contributed by atoms with Crippen LogP contribution in [-0.2, 0) is 14.4 Å². The first-order valence-corrected chi connectivity index (χ1v) is 6.05. The SMILES string of the molecule is CN1CC(=O)N(CCCCCC(=O)NN)CC1=O. The molecule has 102 valence electrons. The van der Waals surface area contributed by atoms with Gasteiger partial charge in [0.05, 0.1) is 13.1 Å². The number of nitrogens with two attached hydrogens (primary N) is 1. The van der Waals surface area contributed by atoms with Crippen molar-refractivity contribution >= 4 is 17.7 Å². The van der Waals surface area contributed by atoms with Gasteiger partial charge >= 0.3 is 0 Å². The highest BCUT2D eigenvalue weighted by atomic mass is 16.2. The second-order valence-corrected chi connectivity index (χ2v) is 4.44. The quantitative estimate of drug-likeness (QED) is 0.271. The third kappa shape index (κ3) is 4.33. The van der Waals surface area contributed by atoms with E-state index in [1.807, 2.05) is 0 Å². The predicted molar refractivity (Wildman–Crippen MR) is 65.0 cm³/mol. The van der Waals surface area contributed by atoms with Crippen LogP contribution in [0.25, 0.3) is 0 Å². The Kier molecular flexibility index (Phi) is 5.57. The largest absolute Gasteiger partial charge is 0.335 e. The fraction of sp³-hybridized carbons (Fsp3) is 0.727. The second kappa shape index (κ2) is 6.95. The Balaban J connectivity index is 2.17. The number of hydrogen-bond donors (Lipinski definition) is 2. The van der Waals surface area contributed by atoms with Crippen LogP contribution in [0.4, 0.5) is 0 Å². The van der Waals surface area contributed by atoms with Crippen molar-refractivity contribution in [2.24, 2.45) is 5.84 Å². The lowest BCUT2D eigenvalue weighted by Crippen LogP contribution is -2.52. The molecule has 1 aliphatic rings. The molecule has 1 aliphatic heterocycles. The van der Waals surface area contributed by atoms with Crippen LogP contribution in [0.5, 0.6) is 0 Å². The lowest BCUT2D eigenvalue weighted by molar-refractivity contribution is -0.148. The summed E-state index contributed by atoms with van der Waals surface area (Å²) in [4.78, 5) is 36.9. The fourth-order valence-corrected chi connectivity index (χ4v) is 1.80. The van der Waals surface area contributed by atoms with Crippen LogP contribution in [-0.4, -0.2) is 54.2 Å². The van der Waals surface area contributed by atoms with Gasteiger partial charge in [0, 0.05) is 20.0 Å². The highest BCUT2D eigenvalue weighted by Gasteiger charge is 2.26. The lowest BCUT2D eigenvalue weighted by atomic mass is 10.1. The number of carbonyl (C=O) groups excluding carboxylic acids is 3. The van der Waals surface area contributed by atoms with E-state index in [-0.39, 0.29) is 30.8 Å². The summed E-state index contributed by atoms with van der Waals surface area (Å²) in [6.07, 6.45) is 2.76. The van der Waals surface area contributed by atoms with E-state index in [9.17, 15) is 14.4 Å². The highest BCUT2D eigenvalue weighted by Crippen LogP contribution is 2.06. The third-order valence-electron chi connectivity index (χ3n) is 2.97. The van der Waals surface area contributed by atoms with Crippen LogP contribution >= 0.6 is 0 Å². The van der Waals surface area contributed by atoms with E-state index in [1.54, 1.807) is 11.9 Å². The van der Waals surface area contributed by atoms with E-state index < -0.39 is 0 Å². The lowest BCUT2D eigenvalue weighted by Gasteiger charge is -2.31. The molecule has 0 spiro atoms. The van der Waals surface area contributed by atoms with Gasteiger partial charge in [-0.15, -0.1) is 0 Å². The van der Waals surface area contributed by atoms with Crippen LogP contribution in [0.15, 0.2) is 0 Å². The molecule has 1 fully saturated rings. The maximum atomic E-state index is 11.6. The Morgan fingerprint density at radius 3 is 2.61 bits per heavy atom. The third-order valence-corrected chi connectivity index (χ3v) is 2.97. The summed E-state index contributed by atoms with van der Waals surface area (Å²) >= 11 is 0. The molecule has 0 aromatic rings. The maximum Gasteiger partial charge on any atom is 0.242 e. The van der Waals surface area contributed by atoms with Crippen molar-refractivity contribution in [2.75, 3.05) is 26.7 Å². The molecule has 18 heavy (non-hydrogen) atoms. The standard InChI is InChI=1S/C11H20N4O3/c1-14-7-11(18)15(8-10(14)17)6-4-2-3-5-9(16)13-12/h2-8,12H2,1H3,(H,13,16). The highest BCUT2D eigenvalue weighted by molar-refractivity contribution is 5.92. The number of carbonyl (C=O) groups is 3. The molecule has 3 N–H and O–H groups in total. The van der Waals surface area contributed by atoms with Gasteiger partial charge in [0.15, 0.2) is 0 Å². The van der Waals surface area contributed by atoms with Crippen LogP contribution in [0, 0.1) is 0 Å². The van der Waals surface area contributed by atoms with E-state index in [0.29, 0.717) is 13.0 Å². The number of amides is 3. The molecule has 0 saturated carbocycles. The van der Waals surface area contributed by atoms with Gasteiger partial charge in [-0.25, -0.2) is 5.84 Å². The average molecular weight is 256 g/mol. The first-order valence-electron chi connectivity index (χ1n) is 6.05. The molecule has 0 aliphatic carbocycles. The van der Waals surface area contributed by atoms with Gasteiger partial charge in [-0.05, 0) is 12.8 Å². The van der Waals surface area contributed by atoms with Crippen molar-refractivity contribution < 1.29 is 14.4 Å². The van der Waals surface area contributed by atoms with Gasteiger partial charge in [0.25, 0.3) is 0 Å². The summed E-state index contributed by atoms with van der Waals surface area (Å²) < 4.78 is 0. The smallest absolute Gasteiger partial charge is 0.242 e. The molecular weight excluding hydrogens is 236 g/mol. The number of hydrazine groups is 1. The second-order valence-electron chi connectivity index (χ2n) is 4.44. The Labute approximate surface area is 106 Å². The van der Waals surface area contributed by atoms with Crippen LogP contribution in [0.2, 0.25) is 0 Å². The number of unbranched alkanes of at least 4 members (excludes halogenated alkanes) is 2. The number of rotatable bonds is 6. The minimum Gasteiger partial charge on any atom is -0.335 e. The van der Waals surface area contributed by atoms with Crippen molar-refractivity contribution in [3.05, 3.63) is 0 Å². The summed E-state index contributed by atoms with van der Waals surface area (Å²) in [5.74, 6) is 4.73. The maximum absolute atomic E-state index is 11.6. The van der Waals surface area contributed by atoms with Gasteiger partial charge in [-0.3, -0.25) is 19.8 Å². The van der Waals surface area contributed by atoms with E-state index in [2.05, 4.69) is 5.43 Å². The zero-order valence-electron chi connectivity index (χ0n) is 10.6. The molecule has 0 radical (unpaired) electrons. The fourth-order valence-electron chi connectivity index (χ4n) is 1.80. The van der Waals surface area contributed by atoms with Crippen molar-refractivity contribution in [3.8, 4) is 0 Å². The molecule has 3 amide bonds. The average Bonchev–Trinajstić information content (AvgIpc) is 2.34. The van der Waals surface area contributed by atoms with E-state index in [1.165, 1.54) is 4.90 Å². The van der Waals surface area contributed by atoms with Crippen LogP contribution in [0.1, 0.15) is 25.7 Å². The first kappa shape index (κ1) is 14.4. The topological polar surface area (TPSA) is 95.7 Å². The number of hydrogen-bond acceptors (Lipinski definition) is 4. The number of piperazine rings is 1. The van der Waals surface area contributed by atoms with Crippen LogP contribution in [0.3, 0.4) is 0 Å². The molecule has 0 unspecified atom stereocenters. The molecule has 7 heteroatoms. The van der Waals surface area contributed by atoms with E-state index >= 15 is 0 Å². The summed E-state index contributed by atoms with van der Waals surface area (Å²) in [5, 5.41) is 0. The zero-order valence-corrected chi connectivity index (χ0v) is 10.6. The van der Waals surface area contributed by atoms with Gasteiger partial charge in [-0.2, -0.15) is 0 Å². The predicted octanol–water partition coefficient (Wildman–Crippen LogP) is -1.16.